The molecule has 1 aliphatic rings. The van der Waals surface area contributed by atoms with Gasteiger partial charge in [-0.05, 0) is 48.7 Å². The normalized spacial score (nSPS) is 15.6. The van der Waals surface area contributed by atoms with Gasteiger partial charge < -0.3 is 15.4 Å². The molecular formula is C20H20N2O4. The molecule has 2 N–H and O–H groups in total. The molecule has 1 heterocycles. The fourth-order valence-electron chi connectivity index (χ4n) is 2.93. The first kappa shape index (κ1) is 17.7. The highest BCUT2D eigenvalue weighted by molar-refractivity contribution is 5.96. The minimum atomic E-state index is -0.385. The quantitative estimate of drug-likeness (QED) is 0.639. The molecule has 1 aliphatic heterocycles. The van der Waals surface area contributed by atoms with Crippen LogP contribution in [0.1, 0.15) is 25.3 Å². The summed E-state index contributed by atoms with van der Waals surface area (Å²) in [4.78, 5) is 35.2. The number of anilines is 2. The van der Waals surface area contributed by atoms with Gasteiger partial charge in [0.1, 0.15) is 5.75 Å². The van der Waals surface area contributed by atoms with Gasteiger partial charge in [0.15, 0.2) is 0 Å². The lowest BCUT2D eigenvalue weighted by Crippen LogP contribution is -2.30. The van der Waals surface area contributed by atoms with Crippen LogP contribution in [-0.2, 0) is 20.8 Å². The molecule has 0 aliphatic carbocycles. The zero-order valence-corrected chi connectivity index (χ0v) is 14.5. The van der Waals surface area contributed by atoms with E-state index in [1.165, 1.54) is 6.92 Å². The van der Waals surface area contributed by atoms with E-state index in [-0.39, 0.29) is 30.1 Å². The third kappa shape index (κ3) is 4.47. The van der Waals surface area contributed by atoms with Gasteiger partial charge in [-0.1, -0.05) is 18.2 Å². The van der Waals surface area contributed by atoms with Crippen molar-refractivity contribution in [1.29, 1.82) is 0 Å². The predicted molar refractivity (Wildman–Crippen MR) is 97.9 cm³/mol. The number of amides is 2. The topological polar surface area (TPSA) is 84.5 Å². The van der Waals surface area contributed by atoms with Crippen molar-refractivity contribution in [2.75, 3.05) is 10.6 Å². The molecular weight excluding hydrogens is 332 g/mol. The van der Waals surface area contributed by atoms with Gasteiger partial charge in [-0.25, -0.2) is 0 Å². The molecule has 0 radical (unpaired) electrons. The number of ether oxygens (including phenoxy) is 1. The van der Waals surface area contributed by atoms with Crippen molar-refractivity contribution < 1.29 is 19.1 Å². The number of hydrogen-bond acceptors (Lipinski definition) is 4. The van der Waals surface area contributed by atoms with E-state index < -0.39 is 0 Å². The standard InChI is InChI=1S/C20H20N2O4/c1-13(23)21-16-7-9-17(10-8-16)26-19(24)11-6-15-12-14-4-2-3-5-18(14)22-20(15)25/h2-5,7-10,15H,6,11-12H2,1H3,(H,21,23)(H,22,25)/t15-/m0/s1. The van der Waals surface area contributed by atoms with Crippen molar-refractivity contribution in [3.63, 3.8) is 0 Å². The van der Waals surface area contributed by atoms with Gasteiger partial charge in [-0.3, -0.25) is 14.4 Å². The molecule has 0 bridgehead atoms. The van der Waals surface area contributed by atoms with Crippen LogP contribution in [0.3, 0.4) is 0 Å². The summed E-state index contributed by atoms with van der Waals surface area (Å²) >= 11 is 0. The van der Waals surface area contributed by atoms with Gasteiger partial charge in [-0.15, -0.1) is 0 Å². The zero-order valence-electron chi connectivity index (χ0n) is 14.5. The number of fused-ring (bicyclic) bond motifs is 1. The van der Waals surface area contributed by atoms with Crippen LogP contribution in [0, 0.1) is 5.92 Å². The second-order valence-corrected chi connectivity index (χ2v) is 6.27. The predicted octanol–water partition coefficient (Wildman–Crippen LogP) is 3.14. The molecule has 26 heavy (non-hydrogen) atoms. The van der Waals surface area contributed by atoms with E-state index in [1.807, 2.05) is 24.3 Å². The molecule has 0 unspecified atom stereocenters. The van der Waals surface area contributed by atoms with E-state index in [2.05, 4.69) is 10.6 Å². The Labute approximate surface area is 151 Å². The van der Waals surface area contributed by atoms with Crippen LogP contribution < -0.4 is 15.4 Å². The maximum absolute atomic E-state index is 12.2. The Balaban J connectivity index is 1.51. The van der Waals surface area contributed by atoms with Crippen LogP contribution in [0.2, 0.25) is 0 Å². The minimum absolute atomic E-state index is 0.0591. The average Bonchev–Trinajstić information content (AvgIpc) is 2.61. The lowest BCUT2D eigenvalue weighted by Gasteiger charge is -2.24. The largest absolute Gasteiger partial charge is 0.427 e. The zero-order chi connectivity index (χ0) is 18.5. The number of carbonyl (C=O) groups excluding carboxylic acids is 3. The summed E-state index contributed by atoms with van der Waals surface area (Å²) in [5.74, 6) is -0.440. The number of nitrogens with one attached hydrogen (secondary N) is 2. The molecule has 1 atom stereocenters. The molecule has 0 fully saturated rings. The highest BCUT2D eigenvalue weighted by Gasteiger charge is 2.26. The van der Waals surface area contributed by atoms with Crippen LogP contribution in [0.5, 0.6) is 5.75 Å². The summed E-state index contributed by atoms with van der Waals surface area (Å²) in [6.07, 6.45) is 1.22. The second-order valence-electron chi connectivity index (χ2n) is 6.27. The molecule has 2 aromatic rings. The van der Waals surface area contributed by atoms with E-state index in [4.69, 9.17) is 4.74 Å². The van der Waals surface area contributed by atoms with Crippen molar-refractivity contribution in [1.82, 2.24) is 0 Å². The van der Waals surface area contributed by atoms with Gasteiger partial charge in [0.2, 0.25) is 11.8 Å². The first-order valence-corrected chi connectivity index (χ1v) is 8.48. The average molecular weight is 352 g/mol. The van der Waals surface area contributed by atoms with Crippen LogP contribution in [0.25, 0.3) is 0 Å². The SMILES string of the molecule is CC(=O)Nc1ccc(OC(=O)CC[C@H]2Cc3ccccc3NC2=O)cc1. The van der Waals surface area contributed by atoms with Crippen LogP contribution in [0.4, 0.5) is 11.4 Å². The van der Waals surface area contributed by atoms with Crippen molar-refractivity contribution >= 4 is 29.2 Å². The molecule has 0 spiro atoms. The number of para-hydroxylation sites is 1. The van der Waals surface area contributed by atoms with Gasteiger partial charge in [0.25, 0.3) is 0 Å². The fourth-order valence-corrected chi connectivity index (χ4v) is 2.93. The first-order valence-electron chi connectivity index (χ1n) is 8.48. The van der Waals surface area contributed by atoms with Crippen LogP contribution in [0.15, 0.2) is 48.5 Å². The summed E-state index contributed by atoms with van der Waals surface area (Å²) in [5, 5.41) is 5.52. The third-order valence-corrected chi connectivity index (χ3v) is 4.22. The fraction of sp³-hybridized carbons (Fsp3) is 0.250. The van der Waals surface area contributed by atoms with E-state index in [1.54, 1.807) is 24.3 Å². The van der Waals surface area contributed by atoms with E-state index in [0.29, 0.717) is 24.3 Å². The molecule has 134 valence electrons. The van der Waals surface area contributed by atoms with Gasteiger partial charge in [0, 0.05) is 30.6 Å². The van der Waals surface area contributed by atoms with Gasteiger partial charge >= 0.3 is 5.97 Å². The Morgan fingerprint density at radius 1 is 1.15 bits per heavy atom. The molecule has 3 rings (SSSR count). The molecule has 6 heteroatoms. The summed E-state index contributed by atoms with van der Waals surface area (Å²) in [6.45, 7) is 1.42. The maximum Gasteiger partial charge on any atom is 0.311 e. The Bertz CT molecular complexity index is 830. The monoisotopic (exact) mass is 352 g/mol. The molecule has 0 aromatic heterocycles. The minimum Gasteiger partial charge on any atom is -0.427 e. The number of rotatable bonds is 5. The summed E-state index contributed by atoms with van der Waals surface area (Å²) in [6, 6.07) is 14.2. The third-order valence-electron chi connectivity index (χ3n) is 4.22. The Kier molecular flexibility index (Phi) is 5.31. The molecule has 2 aromatic carbocycles. The maximum atomic E-state index is 12.2. The molecule has 6 nitrogen and oxygen atoms in total. The number of carbonyl (C=O) groups is 3. The van der Waals surface area contributed by atoms with E-state index in [9.17, 15) is 14.4 Å². The molecule has 0 saturated heterocycles. The van der Waals surface area contributed by atoms with Crippen LogP contribution >= 0.6 is 0 Å². The molecule has 2 amide bonds. The lowest BCUT2D eigenvalue weighted by molar-refractivity contribution is -0.135. The number of benzene rings is 2. The van der Waals surface area contributed by atoms with Crippen molar-refractivity contribution in [3.05, 3.63) is 54.1 Å². The van der Waals surface area contributed by atoms with Gasteiger partial charge in [0.05, 0.1) is 0 Å². The summed E-state index contributed by atoms with van der Waals surface area (Å²) in [7, 11) is 0. The Morgan fingerprint density at radius 3 is 2.62 bits per heavy atom. The smallest absolute Gasteiger partial charge is 0.311 e. The number of hydrogen-bond donors (Lipinski definition) is 2. The van der Waals surface area contributed by atoms with Gasteiger partial charge in [-0.2, -0.15) is 0 Å². The van der Waals surface area contributed by atoms with Crippen LogP contribution in [-0.4, -0.2) is 17.8 Å². The van der Waals surface area contributed by atoms with Crippen molar-refractivity contribution in [2.45, 2.75) is 26.2 Å². The van der Waals surface area contributed by atoms with Crippen molar-refractivity contribution in [3.8, 4) is 5.75 Å². The van der Waals surface area contributed by atoms with E-state index >= 15 is 0 Å². The number of esters is 1. The Morgan fingerprint density at radius 2 is 1.88 bits per heavy atom. The second kappa shape index (κ2) is 7.82. The van der Waals surface area contributed by atoms with E-state index in [0.717, 1.165) is 11.3 Å². The first-order chi connectivity index (χ1) is 12.5. The highest BCUT2D eigenvalue weighted by Crippen LogP contribution is 2.27. The Hall–Kier alpha value is -3.15. The summed E-state index contributed by atoms with van der Waals surface area (Å²) < 4.78 is 5.29. The molecule has 0 saturated carbocycles. The lowest BCUT2D eigenvalue weighted by atomic mass is 9.90. The van der Waals surface area contributed by atoms with Crippen molar-refractivity contribution in [2.24, 2.45) is 5.92 Å². The summed E-state index contributed by atoms with van der Waals surface area (Å²) in [5.41, 5.74) is 2.56. The highest BCUT2D eigenvalue weighted by atomic mass is 16.5.